The molecule has 3 aliphatic rings. The van der Waals surface area contributed by atoms with Crippen LogP contribution in [0.25, 0.3) is 22.9 Å². The summed E-state index contributed by atoms with van der Waals surface area (Å²) in [5.41, 5.74) is 8.65. The molecule has 1 unspecified atom stereocenters. The standard InChI is InChI=1S/C25H31N7O2/c1-15(2)32-25(27-14-28-32)21-12-30-7-8-34-22-11-16(3-6-20(22)24(30)29-21)17-9-18-4-5-19(10-17)31(18)13-23(26)33/h3,6,11-12,14-15,17-19H,4-5,7-10,13H2,1-2H3,(H2,26,33)/t17?,18-,19+. The van der Waals surface area contributed by atoms with Gasteiger partial charge in [-0.25, -0.2) is 14.6 Å². The highest BCUT2D eigenvalue weighted by Crippen LogP contribution is 2.44. The highest BCUT2D eigenvalue weighted by atomic mass is 16.5. The molecule has 0 spiro atoms. The zero-order valence-corrected chi connectivity index (χ0v) is 19.7. The minimum Gasteiger partial charge on any atom is -0.491 e. The molecule has 6 rings (SSSR count). The van der Waals surface area contributed by atoms with Crippen molar-refractivity contribution in [3.05, 3.63) is 36.3 Å². The van der Waals surface area contributed by atoms with Gasteiger partial charge in [-0.05, 0) is 63.1 Å². The largest absolute Gasteiger partial charge is 0.491 e. The maximum Gasteiger partial charge on any atom is 0.231 e. The summed E-state index contributed by atoms with van der Waals surface area (Å²) in [6, 6.07) is 7.69. The Morgan fingerprint density at radius 2 is 2.00 bits per heavy atom. The molecule has 9 nitrogen and oxygen atoms in total. The number of piperidine rings is 1. The summed E-state index contributed by atoms with van der Waals surface area (Å²) in [5.74, 6) is 2.83. The van der Waals surface area contributed by atoms with Crippen LogP contribution in [0.1, 0.15) is 57.1 Å². The number of carbonyl (C=O) groups is 1. The third-order valence-corrected chi connectivity index (χ3v) is 7.60. The van der Waals surface area contributed by atoms with Crippen molar-refractivity contribution in [1.82, 2.24) is 29.2 Å². The lowest BCUT2D eigenvalue weighted by Crippen LogP contribution is -2.46. The third kappa shape index (κ3) is 3.58. The molecule has 3 atom stereocenters. The monoisotopic (exact) mass is 461 g/mol. The molecule has 2 fully saturated rings. The number of nitrogens with two attached hydrogens (primary N) is 1. The first kappa shape index (κ1) is 21.3. The van der Waals surface area contributed by atoms with Crippen molar-refractivity contribution in [3.8, 4) is 28.7 Å². The van der Waals surface area contributed by atoms with Crippen LogP contribution in [-0.4, -0.2) is 60.4 Å². The molecule has 0 radical (unpaired) electrons. The van der Waals surface area contributed by atoms with E-state index < -0.39 is 0 Å². The Balaban J connectivity index is 1.29. The quantitative estimate of drug-likeness (QED) is 0.626. The molecule has 9 heteroatoms. The van der Waals surface area contributed by atoms with Gasteiger partial charge in [-0.15, -0.1) is 0 Å². The summed E-state index contributed by atoms with van der Waals surface area (Å²) in [4.78, 5) is 23.3. The first-order valence-electron chi connectivity index (χ1n) is 12.3. The minimum absolute atomic E-state index is 0.210. The normalized spacial score (nSPS) is 23.9. The minimum atomic E-state index is -0.227. The molecule has 2 bridgehead atoms. The molecule has 1 aromatic carbocycles. The van der Waals surface area contributed by atoms with E-state index in [0.717, 1.165) is 60.9 Å². The predicted molar refractivity (Wildman–Crippen MR) is 127 cm³/mol. The van der Waals surface area contributed by atoms with Gasteiger partial charge in [-0.1, -0.05) is 6.07 Å². The van der Waals surface area contributed by atoms with Crippen molar-refractivity contribution >= 4 is 5.91 Å². The van der Waals surface area contributed by atoms with Gasteiger partial charge in [0, 0.05) is 24.3 Å². The van der Waals surface area contributed by atoms with Gasteiger partial charge in [0.1, 0.15) is 30.2 Å². The molecule has 34 heavy (non-hydrogen) atoms. The zero-order chi connectivity index (χ0) is 23.4. The van der Waals surface area contributed by atoms with Gasteiger partial charge in [0.25, 0.3) is 0 Å². The number of rotatable bonds is 5. The first-order valence-corrected chi connectivity index (χ1v) is 12.3. The van der Waals surface area contributed by atoms with Crippen molar-refractivity contribution in [1.29, 1.82) is 0 Å². The van der Waals surface area contributed by atoms with E-state index in [1.54, 1.807) is 6.33 Å². The molecule has 1 amide bonds. The van der Waals surface area contributed by atoms with Crippen molar-refractivity contribution < 1.29 is 9.53 Å². The van der Waals surface area contributed by atoms with Gasteiger partial charge in [0.05, 0.1) is 18.7 Å². The number of benzene rings is 1. The van der Waals surface area contributed by atoms with E-state index >= 15 is 0 Å². The van der Waals surface area contributed by atoms with Crippen LogP contribution in [0.2, 0.25) is 0 Å². The average Bonchev–Trinajstić information content (AvgIpc) is 3.47. The molecule has 0 aliphatic carbocycles. The fraction of sp³-hybridized carbons (Fsp3) is 0.520. The number of ether oxygens (including phenoxy) is 1. The van der Waals surface area contributed by atoms with E-state index in [-0.39, 0.29) is 11.9 Å². The predicted octanol–water partition coefficient (Wildman–Crippen LogP) is 2.98. The molecule has 2 saturated heterocycles. The highest BCUT2D eigenvalue weighted by Gasteiger charge is 2.41. The van der Waals surface area contributed by atoms with Gasteiger partial charge >= 0.3 is 0 Å². The number of hydrogen-bond acceptors (Lipinski definition) is 6. The molecule has 2 N–H and O–H groups in total. The number of primary amides is 1. The summed E-state index contributed by atoms with van der Waals surface area (Å²) in [7, 11) is 0. The smallest absolute Gasteiger partial charge is 0.231 e. The van der Waals surface area contributed by atoms with Crippen LogP contribution in [0.5, 0.6) is 5.75 Å². The Labute approximate surface area is 198 Å². The maximum atomic E-state index is 11.5. The molecule has 2 aromatic heterocycles. The number of amides is 1. The summed E-state index contributed by atoms with van der Waals surface area (Å²) in [5, 5.41) is 4.37. The van der Waals surface area contributed by atoms with Crippen LogP contribution in [0.3, 0.4) is 0 Å². The summed E-state index contributed by atoms with van der Waals surface area (Å²) < 4.78 is 10.3. The second-order valence-electron chi connectivity index (χ2n) is 10.1. The number of nitrogens with zero attached hydrogens (tertiary/aromatic N) is 6. The Bertz CT molecular complexity index is 1220. The number of carbonyl (C=O) groups excluding carboxylic acids is 1. The topological polar surface area (TPSA) is 104 Å². The number of imidazole rings is 1. The van der Waals surface area contributed by atoms with E-state index in [9.17, 15) is 4.79 Å². The SMILES string of the molecule is CC(C)n1ncnc1-c1cn2c(n1)-c1ccc(C3C[C@H]4CC[C@@H](C3)N4CC(N)=O)cc1OCC2. The second kappa shape index (κ2) is 8.23. The summed E-state index contributed by atoms with van der Waals surface area (Å²) >= 11 is 0. The van der Waals surface area contributed by atoms with Gasteiger partial charge in [-0.2, -0.15) is 5.10 Å². The highest BCUT2D eigenvalue weighted by molar-refractivity contribution is 5.76. The molecular weight excluding hydrogens is 430 g/mol. The molecule has 0 saturated carbocycles. The molecular formula is C25H31N7O2. The fourth-order valence-electron chi connectivity index (χ4n) is 6.06. The Kier molecular flexibility index (Phi) is 5.17. The number of aromatic nitrogens is 5. The Morgan fingerprint density at radius 3 is 2.74 bits per heavy atom. The summed E-state index contributed by atoms with van der Waals surface area (Å²) in [6.07, 6.45) is 8.06. The third-order valence-electron chi connectivity index (χ3n) is 7.60. The van der Waals surface area contributed by atoms with Crippen LogP contribution in [0.4, 0.5) is 0 Å². The molecule has 5 heterocycles. The maximum absolute atomic E-state index is 11.5. The van der Waals surface area contributed by atoms with Gasteiger partial charge in [0.15, 0.2) is 5.82 Å². The van der Waals surface area contributed by atoms with Crippen molar-refractivity contribution in [2.75, 3.05) is 13.2 Å². The fourth-order valence-corrected chi connectivity index (χ4v) is 6.06. The van der Waals surface area contributed by atoms with E-state index in [2.05, 4.69) is 57.8 Å². The number of fused-ring (bicyclic) bond motifs is 5. The van der Waals surface area contributed by atoms with Crippen molar-refractivity contribution in [2.24, 2.45) is 5.73 Å². The van der Waals surface area contributed by atoms with Crippen LogP contribution in [-0.2, 0) is 11.3 Å². The molecule has 3 aromatic rings. The average molecular weight is 462 g/mol. The van der Waals surface area contributed by atoms with Gasteiger partial charge in [0.2, 0.25) is 5.91 Å². The lowest BCUT2D eigenvalue weighted by Gasteiger charge is -2.38. The Hall–Kier alpha value is -3.20. The van der Waals surface area contributed by atoms with E-state index in [1.165, 1.54) is 5.56 Å². The van der Waals surface area contributed by atoms with E-state index in [1.807, 2.05) is 4.68 Å². The van der Waals surface area contributed by atoms with Crippen LogP contribution < -0.4 is 10.5 Å². The lowest BCUT2D eigenvalue weighted by molar-refractivity contribution is -0.120. The van der Waals surface area contributed by atoms with Crippen molar-refractivity contribution in [3.63, 3.8) is 0 Å². The number of hydrogen-bond donors (Lipinski definition) is 1. The second-order valence-corrected chi connectivity index (χ2v) is 10.1. The van der Waals surface area contributed by atoms with E-state index in [4.69, 9.17) is 15.5 Å². The van der Waals surface area contributed by atoms with Gasteiger partial charge in [-0.3, -0.25) is 9.69 Å². The molecule has 3 aliphatic heterocycles. The van der Waals surface area contributed by atoms with Crippen LogP contribution in [0, 0.1) is 0 Å². The Morgan fingerprint density at radius 1 is 1.21 bits per heavy atom. The lowest BCUT2D eigenvalue weighted by atomic mass is 9.84. The first-order chi connectivity index (χ1) is 16.5. The van der Waals surface area contributed by atoms with Crippen molar-refractivity contribution in [2.45, 2.75) is 70.1 Å². The van der Waals surface area contributed by atoms with E-state index in [0.29, 0.717) is 31.2 Å². The zero-order valence-electron chi connectivity index (χ0n) is 19.7. The molecule has 178 valence electrons. The van der Waals surface area contributed by atoms with Gasteiger partial charge < -0.3 is 15.0 Å². The summed E-state index contributed by atoms with van der Waals surface area (Å²) in [6.45, 7) is 5.89. The van der Waals surface area contributed by atoms with Crippen LogP contribution >= 0.6 is 0 Å². The van der Waals surface area contributed by atoms with Crippen LogP contribution in [0.15, 0.2) is 30.7 Å².